The number of nitrogen functional groups attached to an aromatic ring is 1. The van der Waals surface area contributed by atoms with Crippen LogP contribution in [0.15, 0.2) is 90.2 Å². The summed E-state index contributed by atoms with van der Waals surface area (Å²) in [5.41, 5.74) is 6.81. The average Bonchev–Trinajstić information content (AvgIpc) is 3.53. The Labute approximate surface area is 235 Å². The number of anilines is 1. The van der Waals surface area contributed by atoms with Gasteiger partial charge >= 0.3 is 0 Å². The Morgan fingerprint density at radius 3 is 2.66 bits per heavy atom. The van der Waals surface area contributed by atoms with Gasteiger partial charge in [-0.3, -0.25) is 18.8 Å². The van der Waals surface area contributed by atoms with E-state index in [-0.39, 0.29) is 22.6 Å². The summed E-state index contributed by atoms with van der Waals surface area (Å²) < 4.78 is 4.58. The SMILES string of the molecule is [B][C@@](C)(NC(=O)c1c(N)nn2cccnc12)c1cc2cccc(C#Cc3cnn(C)c3)c2c(=O)n1-c1ccccc1. The molecule has 0 aliphatic heterocycles. The van der Waals surface area contributed by atoms with Crippen molar-refractivity contribution >= 4 is 36.0 Å². The number of rotatable bonds is 4. The maximum absolute atomic E-state index is 14.2. The number of hydrogen-bond donors (Lipinski definition) is 2. The number of benzene rings is 2. The molecule has 6 rings (SSSR count). The van der Waals surface area contributed by atoms with Crippen molar-refractivity contribution < 1.29 is 4.79 Å². The summed E-state index contributed by atoms with van der Waals surface area (Å²) in [4.78, 5) is 32.0. The van der Waals surface area contributed by atoms with Crippen molar-refractivity contribution in [3.05, 3.63) is 118 Å². The quantitative estimate of drug-likeness (QED) is 0.263. The Morgan fingerprint density at radius 2 is 1.90 bits per heavy atom. The van der Waals surface area contributed by atoms with Crippen molar-refractivity contribution in [3.8, 4) is 17.5 Å². The number of pyridine rings is 1. The molecule has 0 spiro atoms. The van der Waals surface area contributed by atoms with Gasteiger partial charge in [-0.15, -0.1) is 5.10 Å². The highest BCUT2D eigenvalue weighted by molar-refractivity contribution is 6.18. The summed E-state index contributed by atoms with van der Waals surface area (Å²) in [7, 11) is 8.61. The van der Waals surface area contributed by atoms with Crippen LogP contribution in [0.2, 0.25) is 0 Å². The lowest BCUT2D eigenvalue weighted by molar-refractivity contribution is 0.0931. The molecule has 41 heavy (non-hydrogen) atoms. The van der Waals surface area contributed by atoms with E-state index < -0.39 is 11.3 Å². The smallest absolute Gasteiger partial charge is 0.264 e. The van der Waals surface area contributed by atoms with Gasteiger partial charge in [0.05, 0.1) is 17.1 Å². The predicted molar refractivity (Wildman–Crippen MR) is 157 cm³/mol. The molecule has 198 valence electrons. The molecule has 4 aromatic heterocycles. The van der Waals surface area contributed by atoms with Gasteiger partial charge in [-0.1, -0.05) is 42.2 Å². The van der Waals surface area contributed by atoms with Crippen molar-refractivity contribution in [1.82, 2.24) is 34.3 Å². The number of carbonyl (C=O) groups is 1. The molecular formula is C30H23BN8O2. The molecule has 10 nitrogen and oxygen atoms in total. The summed E-state index contributed by atoms with van der Waals surface area (Å²) in [5, 5.41) is 12.2. The first-order valence-corrected chi connectivity index (χ1v) is 12.7. The summed E-state index contributed by atoms with van der Waals surface area (Å²) in [5.74, 6) is 5.63. The Morgan fingerprint density at radius 1 is 1.10 bits per heavy atom. The standard InChI is InChI=1S/C30H23BN8O2/c1-30(31,35-28(40)25-26(32)36-38-15-7-14-33-27(25)38)23-16-21-9-6-8-20(13-12-19-17-34-37(2)18-19)24(21)29(41)39(23)22-10-4-3-5-11-22/h3-11,14-18H,1-2H3,(H2,32,36)(H,35,40)/t30-/m0/s1. The van der Waals surface area contributed by atoms with Crippen LogP contribution in [-0.4, -0.2) is 42.7 Å². The molecule has 4 heterocycles. The summed E-state index contributed by atoms with van der Waals surface area (Å²) in [6.45, 7) is 1.62. The van der Waals surface area contributed by atoms with Crippen LogP contribution in [0, 0.1) is 11.8 Å². The number of nitrogens with two attached hydrogens (primary N) is 1. The Balaban J connectivity index is 1.52. The minimum Gasteiger partial charge on any atom is -0.381 e. The van der Waals surface area contributed by atoms with Gasteiger partial charge in [-0.05, 0) is 42.6 Å². The van der Waals surface area contributed by atoms with Crippen LogP contribution >= 0.6 is 0 Å². The maximum atomic E-state index is 14.2. The van der Waals surface area contributed by atoms with Crippen LogP contribution in [0.4, 0.5) is 5.82 Å². The number of fused-ring (bicyclic) bond motifs is 2. The van der Waals surface area contributed by atoms with Gasteiger partial charge in [-0.2, -0.15) is 5.10 Å². The molecule has 1 atom stereocenters. The summed E-state index contributed by atoms with van der Waals surface area (Å²) >= 11 is 0. The molecule has 6 aromatic rings. The first-order chi connectivity index (χ1) is 19.7. The fourth-order valence-corrected chi connectivity index (χ4v) is 4.79. The first kappa shape index (κ1) is 25.6. The minimum absolute atomic E-state index is 0.00722. The van der Waals surface area contributed by atoms with Crippen molar-refractivity contribution in [2.75, 3.05) is 5.73 Å². The molecule has 3 N–H and O–H groups in total. The minimum atomic E-state index is -1.52. The molecule has 11 heteroatoms. The second-order valence-corrected chi connectivity index (χ2v) is 9.73. The number of amides is 1. The third kappa shape index (κ3) is 4.61. The van der Waals surface area contributed by atoms with Gasteiger partial charge < -0.3 is 11.1 Å². The van der Waals surface area contributed by atoms with E-state index in [1.165, 1.54) is 9.08 Å². The van der Waals surface area contributed by atoms with E-state index in [0.29, 0.717) is 27.7 Å². The lowest BCUT2D eigenvalue weighted by Crippen LogP contribution is -2.47. The average molecular weight is 538 g/mol. The lowest BCUT2D eigenvalue weighted by atomic mass is 9.75. The van der Waals surface area contributed by atoms with E-state index in [2.05, 4.69) is 32.3 Å². The molecule has 0 aliphatic carbocycles. The molecule has 0 fully saturated rings. The van der Waals surface area contributed by atoms with E-state index >= 15 is 0 Å². The molecular weight excluding hydrogens is 515 g/mol. The van der Waals surface area contributed by atoms with Crippen molar-refractivity contribution in [2.24, 2.45) is 7.05 Å². The van der Waals surface area contributed by atoms with Crippen molar-refractivity contribution in [2.45, 2.75) is 12.4 Å². The van der Waals surface area contributed by atoms with E-state index in [0.717, 1.165) is 5.56 Å². The third-order valence-corrected chi connectivity index (χ3v) is 6.66. The Bertz CT molecular complexity index is 2080. The number of aromatic nitrogens is 6. The number of nitrogens with one attached hydrogen (secondary N) is 1. The Hall–Kier alpha value is -5.63. The second kappa shape index (κ2) is 9.84. The van der Waals surface area contributed by atoms with Crippen molar-refractivity contribution in [3.63, 3.8) is 0 Å². The van der Waals surface area contributed by atoms with E-state index in [1.54, 1.807) is 66.7 Å². The monoisotopic (exact) mass is 538 g/mol. The van der Waals surface area contributed by atoms with Gasteiger partial charge in [0.2, 0.25) is 0 Å². The highest BCUT2D eigenvalue weighted by Gasteiger charge is 2.31. The van der Waals surface area contributed by atoms with Crippen molar-refractivity contribution in [1.29, 1.82) is 0 Å². The molecule has 0 bridgehead atoms. The zero-order chi connectivity index (χ0) is 28.7. The van der Waals surface area contributed by atoms with E-state index in [1.807, 2.05) is 37.4 Å². The zero-order valence-electron chi connectivity index (χ0n) is 22.2. The highest BCUT2D eigenvalue weighted by Crippen LogP contribution is 2.26. The van der Waals surface area contributed by atoms with Gasteiger partial charge in [-0.25, -0.2) is 9.50 Å². The van der Waals surface area contributed by atoms with Crippen LogP contribution in [-0.2, 0) is 12.5 Å². The van der Waals surface area contributed by atoms with Gasteiger partial charge in [0.15, 0.2) is 11.5 Å². The third-order valence-electron chi connectivity index (χ3n) is 6.66. The number of para-hydroxylation sites is 1. The van der Waals surface area contributed by atoms with Crippen LogP contribution < -0.4 is 16.6 Å². The van der Waals surface area contributed by atoms with E-state index in [4.69, 9.17) is 13.6 Å². The molecule has 2 radical (unpaired) electrons. The summed E-state index contributed by atoms with van der Waals surface area (Å²) in [6.07, 6.45) is 6.64. The topological polar surface area (TPSA) is 125 Å². The molecule has 2 aromatic carbocycles. The number of hydrogen-bond acceptors (Lipinski definition) is 6. The van der Waals surface area contributed by atoms with Crippen LogP contribution in [0.5, 0.6) is 0 Å². The fourth-order valence-electron chi connectivity index (χ4n) is 4.79. The molecule has 0 saturated carbocycles. The largest absolute Gasteiger partial charge is 0.381 e. The summed E-state index contributed by atoms with van der Waals surface area (Å²) in [6, 6.07) is 18.0. The van der Waals surface area contributed by atoms with E-state index in [9.17, 15) is 9.59 Å². The lowest BCUT2D eigenvalue weighted by Gasteiger charge is -2.31. The normalized spacial score (nSPS) is 12.5. The number of carbonyl (C=O) groups excluding carboxylic acids is 1. The fraction of sp³-hybridized carbons (Fsp3) is 0.100. The van der Waals surface area contributed by atoms with Crippen LogP contribution in [0.25, 0.3) is 22.1 Å². The number of aryl methyl sites for hydroxylation is 1. The highest BCUT2D eigenvalue weighted by atomic mass is 16.2. The predicted octanol–water partition coefficient (Wildman–Crippen LogP) is 2.52. The molecule has 0 aliphatic rings. The molecule has 1 amide bonds. The molecule has 0 unspecified atom stereocenters. The second-order valence-electron chi connectivity index (χ2n) is 9.73. The van der Waals surface area contributed by atoms with Gasteiger partial charge in [0, 0.05) is 48.0 Å². The Kier molecular flexibility index (Phi) is 6.16. The van der Waals surface area contributed by atoms with Crippen LogP contribution in [0.1, 0.15) is 34.1 Å². The van der Waals surface area contributed by atoms with Gasteiger partial charge in [0.25, 0.3) is 11.5 Å². The molecule has 0 saturated heterocycles. The van der Waals surface area contributed by atoms with Gasteiger partial charge in [0.1, 0.15) is 13.4 Å². The van der Waals surface area contributed by atoms with Crippen LogP contribution in [0.3, 0.4) is 0 Å². The maximum Gasteiger partial charge on any atom is 0.264 e. The first-order valence-electron chi connectivity index (χ1n) is 12.7. The number of nitrogens with zero attached hydrogens (tertiary/aromatic N) is 6. The zero-order valence-corrected chi connectivity index (χ0v) is 22.2.